The first-order valence-corrected chi connectivity index (χ1v) is 10.7. The van der Waals surface area contributed by atoms with Gasteiger partial charge in [-0.2, -0.15) is 0 Å². The zero-order valence-corrected chi connectivity index (χ0v) is 17.0. The van der Waals surface area contributed by atoms with Crippen molar-refractivity contribution in [2.24, 2.45) is 0 Å². The normalized spacial score (nSPS) is 17.2. The van der Waals surface area contributed by atoms with Gasteiger partial charge >= 0.3 is 0 Å². The molecule has 1 atom stereocenters. The van der Waals surface area contributed by atoms with Gasteiger partial charge in [-0.25, -0.2) is 0 Å². The van der Waals surface area contributed by atoms with E-state index in [-0.39, 0.29) is 17.4 Å². The topological polar surface area (TPSA) is 20.3 Å². The number of hydrogen-bond donors (Lipinski definition) is 0. The molecule has 0 fully saturated rings. The molecule has 4 heteroatoms. The van der Waals surface area contributed by atoms with Gasteiger partial charge in [0.25, 0.3) is 5.91 Å². The predicted molar refractivity (Wildman–Crippen MR) is 110 cm³/mol. The van der Waals surface area contributed by atoms with E-state index in [0.717, 1.165) is 18.5 Å². The molecule has 3 heterocycles. The van der Waals surface area contributed by atoms with Gasteiger partial charge in [-0.15, -0.1) is 22.7 Å². The van der Waals surface area contributed by atoms with Crippen molar-refractivity contribution in [3.63, 3.8) is 0 Å². The van der Waals surface area contributed by atoms with Gasteiger partial charge in [-0.05, 0) is 58.0 Å². The van der Waals surface area contributed by atoms with Crippen LogP contribution in [0.5, 0.6) is 0 Å². The van der Waals surface area contributed by atoms with Crippen LogP contribution < -0.4 is 0 Å². The summed E-state index contributed by atoms with van der Waals surface area (Å²) >= 11 is 3.54. The Kier molecular flexibility index (Phi) is 4.49. The quantitative estimate of drug-likeness (QED) is 0.541. The molecule has 1 unspecified atom stereocenters. The van der Waals surface area contributed by atoms with E-state index >= 15 is 0 Å². The minimum absolute atomic E-state index is 0.0415. The van der Waals surface area contributed by atoms with Gasteiger partial charge in [-0.1, -0.05) is 39.0 Å². The lowest BCUT2D eigenvalue weighted by Gasteiger charge is -2.35. The highest BCUT2D eigenvalue weighted by molar-refractivity contribution is 7.10. The number of rotatable bonds is 2. The molecule has 0 saturated carbocycles. The van der Waals surface area contributed by atoms with Crippen LogP contribution >= 0.6 is 22.7 Å². The SMILES string of the molecule is CC(C)(C)c1ccc(C(=O)N2CCc3sccc3C2c2cccs2)cc1. The number of fused-ring (bicyclic) bond motifs is 1. The predicted octanol–water partition coefficient (Wildman–Crippen LogP) is 5.90. The molecule has 0 spiro atoms. The van der Waals surface area contributed by atoms with Crippen molar-refractivity contribution in [3.8, 4) is 0 Å². The smallest absolute Gasteiger partial charge is 0.254 e. The lowest BCUT2D eigenvalue weighted by Crippen LogP contribution is -2.39. The highest BCUT2D eigenvalue weighted by Crippen LogP contribution is 2.40. The molecule has 134 valence electrons. The molecular weight excluding hydrogens is 358 g/mol. The average molecular weight is 382 g/mol. The van der Waals surface area contributed by atoms with Crippen LogP contribution in [0.2, 0.25) is 0 Å². The van der Waals surface area contributed by atoms with Crippen molar-refractivity contribution in [2.45, 2.75) is 38.6 Å². The Morgan fingerprint density at radius 3 is 2.46 bits per heavy atom. The molecule has 0 radical (unpaired) electrons. The zero-order chi connectivity index (χ0) is 18.3. The monoisotopic (exact) mass is 381 g/mol. The fraction of sp³-hybridized carbons (Fsp3) is 0.318. The Hall–Kier alpha value is -1.91. The number of amides is 1. The van der Waals surface area contributed by atoms with Crippen LogP contribution in [0.3, 0.4) is 0 Å². The second kappa shape index (κ2) is 6.67. The van der Waals surface area contributed by atoms with Crippen molar-refractivity contribution < 1.29 is 4.79 Å². The molecule has 1 aliphatic rings. The summed E-state index contributed by atoms with van der Waals surface area (Å²) in [6, 6.07) is 14.6. The van der Waals surface area contributed by atoms with Gasteiger partial charge in [0.1, 0.15) is 0 Å². The Morgan fingerprint density at radius 1 is 1.04 bits per heavy atom. The molecule has 1 aliphatic heterocycles. The van der Waals surface area contributed by atoms with Crippen molar-refractivity contribution in [3.05, 3.63) is 79.7 Å². The number of benzene rings is 1. The van der Waals surface area contributed by atoms with Crippen LogP contribution in [-0.4, -0.2) is 17.4 Å². The molecular formula is C22H23NOS2. The number of hydrogen-bond acceptors (Lipinski definition) is 3. The maximum Gasteiger partial charge on any atom is 0.254 e. The molecule has 0 aliphatic carbocycles. The minimum atomic E-state index is 0.0415. The Balaban J connectivity index is 1.69. The van der Waals surface area contributed by atoms with Crippen LogP contribution in [0.1, 0.15) is 58.1 Å². The summed E-state index contributed by atoms with van der Waals surface area (Å²) in [4.78, 5) is 18.0. The molecule has 1 aromatic carbocycles. The van der Waals surface area contributed by atoms with Crippen LogP contribution in [0.4, 0.5) is 0 Å². The summed E-state index contributed by atoms with van der Waals surface area (Å²) in [5.74, 6) is 0.126. The molecule has 0 saturated heterocycles. The zero-order valence-electron chi connectivity index (χ0n) is 15.4. The number of thiophene rings is 2. The van der Waals surface area contributed by atoms with Gasteiger partial charge in [0.05, 0.1) is 6.04 Å². The maximum absolute atomic E-state index is 13.3. The van der Waals surface area contributed by atoms with Gasteiger partial charge < -0.3 is 4.90 Å². The highest BCUT2D eigenvalue weighted by atomic mass is 32.1. The molecule has 2 nitrogen and oxygen atoms in total. The largest absolute Gasteiger partial charge is 0.326 e. The van der Waals surface area contributed by atoms with Crippen molar-refractivity contribution in [1.29, 1.82) is 0 Å². The molecule has 2 aromatic heterocycles. The van der Waals surface area contributed by atoms with Gasteiger partial charge in [0.15, 0.2) is 0 Å². The van der Waals surface area contributed by atoms with E-state index in [4.69, 9.17) is 0 Å². The summed E-state index contributed by atoms with van der Waals surface area (Å²) in [6.45, 7) is 7.36. The fourth-order valence-electron chi connectivity index (χ4n) is 3.57. The Bertz CT molecular complexity index is 901. The minimum Gasteiger partial charge on any atom is -0.326 e. The van der Waals surface area contributed by atoms with E-state index in [2.05, 4.69) is 61.9 Å². The first-order valence-electron chi connectivity index (χ1n) is 8.96. The van der Waals surface area contributed by atoms with E-state index < -0.39 is 0 Å². The Morgan fingerprint density at radius 2 is 1.81 bits per heavy atom. The average Bonchev–Trinajstić information content (AvgIpc) is 3.31. The second-order valence-electron chi connectivity index (χ2n) is 7.79. The van der Waals surface area contributed by atoms with Crippen LogP contribution in [0.15, 0.2) is 53.2 Å². The van der Waals surface area contributed by atoms with Gasteiger partial charge in [-0.3, -0.25) is 4.79 Å². The number of nitrogens with zero attached hydrogens (tertiary/aromatic N) is 1. The third-order valence-electron chi connectivity index (χ3n) is 5.04. The molecule has 4 rings (SSSR count). The Labute approximate surface area is 163 Å². The van der Waals surface area contributed by atoms with E-state index in [1.807, 2.05) is 28.4 Å². The first-order chi connectivity index (χ1) is 12.4. The van der Waals surface area contributed by atoms with Crippen LogP contribution in [0.25, 0.3) is 0 Å². The summed E-state index contributed by atoms with van der Waals surface area (Å²) in [5.41, 5.74) is 3.42. The van der Waals surface area contributed by atoms with E-state index in [1.54, 1.807) is 11.3 Å². The molecule has 0 bridgehead atoms. The highest BCUT2D eigenvalue weighted by Gasteiger charge is 2.33. The van der Waals surface area contributed by atoms with Crippen molar-refractivity contribution in [1.82, 2.24) is 4.90 Å². The fourth-order valence-corrected chi connectivity index (χ4v) is 5.33. The summed E-state index contributed by atoms with van der Waals surface area (Å²) in [7, 11) is 0. The van der Waals surface area contributed by atoms with E-state index in [0.29, 0.717) is 0 Å². The summed E-state index contributed by atoms with van der Waals surface area (Å²) in [5, 5.41) is 4.24. The third kappa shape index (κ3) is 3.12. The molecule has 1 amide bonds. The summed E-state index contributed by atoms with van der Waals surface area (Å²) in [6.07, 6.45) is 0.945. The first kappa shape index (κ1) is 17.5. The lowest BCUT2D eigenvalue weighted by molar-refractivity contribution is 0.0698. The lowest BCUT2D eigenvalue weighted by atomic mass is 9.86. The van der Waals surface area contributed by atoms with E-state index in [9.17, 15) is 4.79 Å². The van der Waals surface area contributed by atoms with Crippen molar-refractivity contribution >= 4 is 28.6 Å². The maximum atomic E-state index is 13.3. The van der Waals surface area contributed by atoms with Gasteiger partial charge in [0, 0.05) is 21.9 Å². The van der Waals surface area contributed by atoms with Crippen LogP contribution in [-0.2, 0) is 11.8 Å². The summed E-state index contributed by atoms with van der Waals surface area (Å²) < 4.78 is 0. The van der Waals surface area contributed by atoms with Crippen LogP contribution in [0, 0.1) is 0 Å². The van der Waals surface area contributed by atoms with Gasteiger partial charge in [0.2, 0.25) is 0 Å². The number of carbonyl (C=O) groups excluding carboxylic acids is 1. The van der Waals surface area contributed by atoms with Crippen molar-refractivity contribution in [2.75, 3.05) is 6.54 Å². The standard InChI is InChI=1S/C22H23NOS2/c1-22(2,3)16-8-6-15(7-9-16)21(24)23-12-10-18-17(11-14-26-18)20(23)19-5-4-13-25-19/h4-9,11,13-14,20H,10,12H2,1-3H3. The molecule has 3 aromatic rings. The van der Waals surface area contributed by atoms with E-state index in [1.165, 1.54) is 20.9 Å². The number of carbonyl (C=O) groups is 1. The molecule has 26 heavy (non-hydrogen) atoms. The second-order valence-corrected chi connectivity index (χ2v) is 9.77. The molecule has 0 N–H and O–H groups in total. The third-order valence-corrected chi connectivity index (χ3v) is 6.96.